The molecule has 2 heterocycles. The smallest absolute Gasteiger partial charge is 0.276 e. The summed E-state index contributed by atoms with van der Waals surface area (Å²) in [5.74, 6) is 1.02. The minimum atomic E-state index is -0.0548. The lowest BCUT2D eigenvalue weighted by Gasteiger charge is -2.35. The largest absolute Gasteiger partial charge is 0.506 e. The molecule has 1 aliphatic carbocycles. The van der Waals surface area contributed by atoms with Gasteiger partial charge in [-0.2, -0.15) is 0 Å². The lowest BCUT2D eigenvalue weighted by Crippen LogP contribution is -2.48. The van der Waals surface area contributed by atoms with Crippen molar-refractivity contribution in [3.8, 4) is 5.75 Å². The predicted molar refractivity (Wildman–Crippen MR) is 107 cm³/mol. The van der Waals surface area contributed by atoms with Gasteiger partial charge in [0.2, 0.25) is 0 Å². The van der Waals surface area contributed by atoms with Crippen molar-refractivity contribution in [1.29, 1.82) is 0 Å². The van der Waals surface area contributed by atoms with Crippen LogP contribution in [0.3, 0.4) is 0 Å². The molecule has 0 radical (unpaired) electrons. The summed E-state index contributed by atoms with van der Waals surface area (Å²) in [4.78, 5) is 16.7. The molecule has 1 aliphatic heterocycles. The van der Waals surface area contributed by atoms with Crippen LogP contribution in [-0.2, 0) is 6.54 Å². The van der Waals surface area contributed by atoms with Gasteiger partial charge in [-0.15, -0.1) is 5.10 Å². The van der Waals surface area contributed by atoms with Crippen LogP contribution in [0, 0.1) is 5.92 Å². The Labute approximate surface area is 165 Å². The second kappa shape index (κ2) is 8.63. The number of aromatic nitrogens is 3. The van der Waals surface area contributed by atoms with Gasteiger partial charge in [-0.3, -0.25) is 9.48 Å². The van der Waals surface area contributed by atoms with Crippen LogP contribution < -0.4 is 4.90 Å². The molecule has 2 aliphatic rings. The topological polar surface area (TPSA) is 74.5 Å². The molecule has 7 nitrogen and oxygen atoms in total. The second-order valence-electron chi connectivity index (χ2n) is 7.93. The van der Waals surface area contributed by atoms with Gasteiger partial charge in [0.25, 0.3) is 5.91 Å². The maximum atomic E-state index is 12.8. The first-order chi connectivity index (χ1) is 13.7. The molecule has 1 aromatic heterocycles. The number of carbonyl (C=O) groups is 1. The molecule has 2 aromatic rings. The van der Waals surface area contributed by atoms with Gasteiger partial charge in [0.05, 0.1) is 11.9 Å². The summed E-state index contributed by atoms with van der Waals surface area (Å²) in [5.41, 5.74) is 1.25. The van der Waals surface area contributed by atoms with Crippen molar-refractivity contribution in [2.45, 2.75) is 45.1 Å². The first-order valence-corrected chi connectivity index (χ1v) is 10.4. The van der Waals surface area contributed by atoms with Crippen LogP contribution in [0.4, 0.5) is 5.69 Å². The molecule has 1 saturated heterocycles. The fraction of sp³-hybridized carbons (Fsp3) is 0.571. The van der Waals surface area contributed by atoms with Crippen LogP contribution in [-0.4, -0.2) is 57.1 Å². The summed E-state index contributed by atoms with van der Waals surface area (Å²) in [7, 11) is 0. The zero-order valence-electron chi connectivity index (χ0n) is 16.3. The third kappa shape index (κ3) is 4.29. The number of carbonyl (C=O) groups excluding carboxylic acids is 1. The van der Waals surface area contributed by atoms with E-state index in [-0.39, 0.29) is 11.7 Å². The SMILES string of the molecule is O=C(c1cn(CCC2CCCCC2)nn1)N1CCN(c2ccccc2O)CC1. The van der Waals surface area contributed by atoms with Crippen molar-refractivity contribution < 1.29 is 9.90 Å². The number of aryl methyl sites for hydroxylation is 1. The number of phenolic OH excluding ortho intramolecular Hbond substituents is 1. The van der Waals surface area contributed by atoms with Crippen molar-refractivity contribution >= 4 is 11.6 Å². The van der Waals surface area contributed by atoms with Gasteiger partial charge in [0, 0.05) is 32.7 Å². The summed E-state index contributed by atoms with van der Waals surface area (Å²) >= 11 is 0. The molecule has 28 heavy (non-hydrogen) atoms. The van der Waals surface area contributed by atoms with Crippen molar-refractivity contribution in [1.82, 2.24) is 19.9 Å². The average Bonchev–Trinajstić information content (AvgIpc) is 3.22. The van der Waals surface area contributed by atoms with E-state index < -0.39 is 0 Å². The zero-order valence-corrected chi connectivity index (χ0v) is 16.3. The zero-order chi connectivity index (χ0) is 19.3. The Morgan fingerprint density at radius 3 is 2.57 bits per heavy atom. The summed E-state index contributed by atoms with van der Waals surface area (Å²) in [5, 5.41) is 18.3. The third-order valence-corrected chi connectivity index (χ3v) is 6.04. The van der Waals surface area contributed by atoms with Crippen LogP contribution in [0.25, 0.3) is 0 Å². The monoisotopic (exact) mass is 383 g/mol. The molecule has 7 heteroatoms. The maximum Gasteiger partial charge on any atom is 0.276 e. The Bertz CT molecular complexity index is 792. The van der Waals surface area contributed by atoms with Crippen molar-refractivity contribution in [2.24, 2.45) is 5.92 Å². The summed E-state index contributed by atoms with van der Waals surface area (Å²) in [6, 6.07) is 7.33. The van der Waals surface area contributed by atoms with Crippen LogP contribution in [0.15, 0.2) is 30.5 Å². The van der Waals surface area contributed by atoms with E-state index in [9.17, 15) is 9.90 Å². The van der Waals surface area contributed by atoms with Crippen LogP contribution in [0.1, 0.15) is 49.0 Å². The number of rotatable bonds is 5. The molecule has 4 rings (SSSR count). The van der Waals surface area contributed by atoms with Gasteiger partial charge in [-0.1, -0.05) is 49.5 Å². The lowest BCUT2D eigenvalue weighted by atomic mass is 9.87. The van der Waals surface area contributed by atoms with Gasteiger partial charge in [-0.25, -0.2) is 0 Å². The Balaban J connectivity index is 1.29. The Kier molecular flexibility index (Phi) is 5.78. The van der Waals surface area contributed by atoms with E-state index in [1.165, 1.54) is 32.1 Å². The number of anilines is 1. The van der Waals surface area contributed by atoms with Gasteiger partial charge < -0.3 is 14.9 Å². The van der Waals surface area contributed by atoms with E-state index in [0.29, 0.717) is 31.9 Å². The molecular weight excluding hydrogens is 354 g/mol. The molecule has 0 spiro atoms. The van der Waals surface area contributed by atoms with Crippen molar-refractivity contribution in [3.63, 3.8) is 0 Å². The fourth-order valence-electron chi connectivity index (χ4n) is 4.34. The minimum absolute atomic E-state index is 0.0548. The standard InChI is InChI=1S/C21H29N5O2/c27-20-9-5-4-8-19(20)24-12-14-25(15-13-24)21(28)18-16-26(23-22-18)11-10-17-6-2-1-3-7-17/h4-5,8-9,16-17,27H,1-3,6-7,10-15H2. The number of hydrogen-bond donors (Lipinski definition) is 1. The average molecular weight is 383 g/mol. The van der Waals surface area contributed by atoms with E-state index in [1.54, 1.807) is 12.3 Å². The number of nitrogens with zero attached hydrogens (tertiary/aromatic N) is 5. The van der Waals surface area contributed by atoms with Crippen LogP contribution >= 0.6 is 0 Å². The summed E-state index contributed by atoms with van der Waals surface area (Å²) in [6.45, 7) is 3.45. The van der Waals surface area contributed by atoms with E-state index in [4.69, 9.17) is 0 Å². The number of benzene rings is 1. The molecular formula is C21H29N5O2. The quantitative estimate of drug-likeness (QED) is 0.859. The molecule has 1 saturated carbocycles. The summed E-state index contributed by atoms with van der Waals surface area (Å²) < 4.78 is 1.82. The first kappa shape index (κ1) is 18.8. The van der Waals surface area contributed by atoms with Crippen molar-refractivity contribution in [2.75, 3.05) is 31.1 Å². The first-order valence-electron chi connectivity index (χ1n) is 10.4. The number of para-hydroxylation sites is 2. The van der Waals surface area contributed by atoms with Gasteiger partial charge >= 0.3 is 0 Å². The third-order valence-electron chi connectivity index (χ3n) is 6.04. The highest BCUT2D eigenvalue weighted by atomic mass is 16.3. The molecule has 1 amide bonds. The van der Waals surface area contributed by atoms with Crippen LogP contribution in [0.2, 0.25) is 0 Å². The number of aromatic hydroxyl groups is 1. The Morgan fingerprint density at radius 1 is 1.07 bits per heavy atom. The number of amides is 1. The van der Waals surface area contributed by atoms with Gasteiger partial charge in [0.15, 0.2) is 5.69 Å². The molecule has 2 fully saturated rings. The number of hydrogen-bond acceptors (Lipinski definition) is 5. The Morgan fingerprint density at radius 2 is 1.82 bits per heavy atom. The van der Waals surface area contributed by atoms with Gasteiger partial charge in [0.1, 0.15) is 5.75 Å². The van der Waals surface area contributed by atoms with E-state index in [2.05, 4.69) is 15.2 Å². The number of phenols is 1. The number of piperazine rings is 1. The molecule has 1 aromatic carbocycles. The van der Waals surface area contributed by atoms with E-state index in [0.717, 1.165) is 24.6 Å². The summed E-state index contributed by atoms with van der Waals surface area (Å²) in [6.07, 6.45) is 9.62. The van der Waals surface area contributed by atoms with E-state index >= 15 is 0 Å². The highest BCUT2D eigenvalue weighted by molar-refractivity contribution is 5.92. The predicted octanol–water partition coefficient (Wildman–Crippen LogP) is 2.92. The Hall–Kier alpha value is -2.57. The molecule has 0 bridgehead atoms. The normalized spacial score (nSPS) is 18.4. The molecule has 0 unspecified atom stereocenters. The fourth-order valence-corrected chi connectivity index (χ4v) is 4.34. The molecule has 150 valence electrons. The molecule has 1 N–H and O–H groups in total. The highest BCUT2D eigenvalue weighted by Crippen LogP contribution is 2.28. The van der Waals surface area contributed by atoms with E-state index in [1.807, 2.05) is 27.8 Å². The lowest BCUT2D eigenvalue weighted by molar-refractivity contribution is 0.0740. The molecule has 0 atom stereocenters. The van der Waals surface area contributed by atoms with Gasteiger partial charge in [-0.05, 0) is 24.5 Å². The van der Waals surface area contributed by atoms with Crippen LogP contribution in [0.5, 0.6) is 5.75 Å². The van der Waals surface area contributed by atoms with Crippen molar-refractivity contribution in [3.05, 3.63) is 36.2 Å². The highest BCUT2D eigenvalue weighted by Gasteiger charge is 2.25. The second-order valence-corrected chi connectivity index (χ2v) is 7.93. The maximum absolute atomic E-state index is 12.8. The minimum Gasteiger partial charge on any atom is -0.506 e.